The Morgan fingerprint density at radius 2 is 1.41 bits per heavy atom. The van der Waals surface area contributed by atoms with Gasteiger partial charge in [0.1, 0.15) is 47.8 Å². The molecule has 0 spiro atoms. The van der Waals surface area contributed by atoms with E-state index in [1.165, 1.54) is 57.3 Å². The van der Waals surface area contributed by atoms with Crippen molar-refractivity contribution in [1.82, 2.24) is 31.1 Å². The van der Waals surface area contributed by atoms with Gasteiger partial charge in [0.15, 0.2) is 0 Å². The van der Waals surface area contributed by atoms with Gasteiger partial charge in [-0.3, -0.25) is 38.4 Å². The maximum absolute atomic E-state index is 14.6. The molecule has 0 saturated carbocycles. The van der Waals surface area contributed by atoms with Gasteiger partial charge in [-0.15, -0.1) is 0 Å². The monoisotopic (exact) mass is 954 g/mol. The lowest BCUT2D eigenvalue weighted by Crippen LogP contribution is -2.58. The molecule has 68 heavy (non-hydrogen) atoms. The number of carboxylic acids is 1. The topological polar surface area (TPSA) is 304 Å². The van der Waals surface area contributed by atoms with Gasteiger partial charge in [0.25, 0.3) is 5.91 Å². The predicted molar refractivity (Wildman–Crippen MR) is 251 cm³/mol. The summed E-state index contributed by atoms with van der Waals surface area (Å²) in [5, 5.41) is 42.6. The van der Waals surface area contributed by atoms with Crippen LogP contribution in [0.4, 0.5) is 0 Å². The second-order valence-corrected chi connectivity index (χ2v) is 17.0. The molecule has 360 valence electrons. The van der Waals surface area contributed by atoms with E-state index in [-0.39, 0.29) is 46.6 Å². The number of nitrogens with zero attached hydrogens (tertiary/aromatic N) is 2. The molecular formula is C48H55ClN8O11. The first-order valence-corrected chi connectivity index (χ1v) is 22.1. The number of phenols is 2. The number of amides is 7. The summed E-state index contributed by atoms with van der Waals surface area (Å²) in [4.78, 5) is 109. The lowest BCUT2D eigenvalue weighted by Gasteiger charge is -2.32. The number of halogens is 1. The molecule has 0 radical (unpaired) electrons. The second kappa shape index (κ2) is 22.8. The minimum Gasteiger partial charge on any atom is -0.507 e. The fourth-order valence-corrected chi connectivity index (χ4v) is 7.89. The van der Waals surface area contributed by atoms with Crippen molar-refractivity contribution < 1.29 is 53.7 Å². The molecule has 7 amide bonds. The van der Waals surface area contributed by atoms with Crippen LogP contribution in [0.5, 0.6) is 11.5 Å². The van der Waals surface area contributed by atoms with Crippen LogP contribution in [0.2, 0.25) is 5.02 Å². The fraction of sp³-hybridized carbons (Fsp3) is 0.333. The molecule has 0 aromatic heterocycles. The second-order valence-electron chi connectivity index (χ2n) is 16.6. The maximum Gasteiger partial charge on any atom is 0.305 e. The summed E-state index contributed by atoms with van der Waals surface area (Å²) in [5.74, 6) is -7.84. The lowest BCUT2D eigenvalue weighted by molar-refractivity contribution is -0.146. The fourth-order valence-electron chi connectivity index (χ4n) is 7.77. The molecule has 1 heterocycles. The Morgan fingerprint density at radius 1 is 0.809 bits per heavy atom. The van der Waals surface area contributed by atoms with Crippen molar-refractivity contribution in [3.63, 3.8) is 0 Å². The minimum atomic E-state index is -1.54. The number of benzene rings is 4. The van der Waals surface area contributed by atoms with Crippen LogP contribution in [0.25, 0.3) is 22.3 Å². The summed E-state index contributed by atoms with van der Waals surface area (Å²) in [6.45, 7) is 2.94. The van der Waals surface area contributed by atoms with Crippen LogP contribution >= 0.6 is 11.6 Å². The highest BCUT2D eigenvalue weighted by Crippen LogP contribution is 2.39. The number of aromatic hydroxyl groups is 2. The number of carbonyl (C=O) groups is 8. The molecule has 0 saturated heterocycles. The molecule has 5 rings (SSSR count). The van der Waals surface area contributed by atoms with Crippen LogP contribution in [-0.4, -0.2) is 123 Å². The summed E-state index contributed by atoms with van der Waals surface area (Å²) in [7, 11) is 2.50. The summed E-state index contributed by atoms with van der Waals surface area (Å²) in [5.41, 5.74) is 13.7. The van der Waals surface area contributed by atoms with Gasteiger partial charge in [0, 0.05) is 42.2 Å². The van der Waals surface area contributed by atoms with Crippen LogP contribution < -0.4 is 32.7 Å². The van der Waals surface area contributed by atoms with E-state index in [4.69, 9.17) is 23.1 Å². The zero-order valence-corrected chi connectivity index (χ0v) is 38.6. The van der Waals surface area contributed by atoms with Crippen LogP contribution in [0, 0.1) is 0 Å². The van der Waals surface area contributed by atoms with Crippen LogP contribution in [0.3, 0.4) is 0 Å². The van der Waals surface area contributed by atoms with E-state index in [2.05, 4.69) is 21.3 Å². The molecule has 0 unspecified atom stereocenters. The molecular weight excluding hydrogens is 900 g/mol. The highest BCUT2D eigenvalue weighted by molar-refractivity contribution is 6.30. The van der Waals surface area contributed by atoms with Gasteiger partial charge < -0.3 is 57.9 Å². The normalized spacial score (nSPS) is 17.2. The van der Waals surface area contributed by atoms with Crippen molar-refractivity contribution in [2.75, 3.05) is 20.6 Å². The standard InChI is InChI=1S/C48H55ClN8O11/c1-25-43(63)55-36(45(65)53-26(2)47(67)56(3)37(42(51)62)24-40(60)61)22-27-8-18-38(58)33(21-27)34-23-31(15-19-39(34)59)41(46(66)52-25)57(4)48(68)35(7-5-6-20-50)54-44(64)30-11-9-28(10-12-30)29-13-16-32(49)17-14-29/h8-19,21,23,25-26,35-37,41,58-59H,5-7,20,22,24,50H2,1-4H3,(H2,51,62)(H,52,66)(H,53,65)(H,54,64)(H,55,63)(H,60,61)/t25-,26-,35-,36-,37-,41-/m0/s1. The Kier molecular flexibility index (Phi) is 17.3. The number of unbranched alkanes of at least 4 members (excludes halogenated alkanes) is 1. The Labute approximate surface area is 397 Å². The highest BCUT2D eigenvalue weighted by Gasteiger charge is 2.37. The molecule has 0 aliphatic carbocycles. The zero-order valence-electron chi connectivity index (χ0n) is 37.8. The molecule has 4 aromatic rings. The number of fused-ring (bicyclic) bond motifs is 5. The smallest absolute Gasteiger partial charge is 0.305 e. The molecule has 1 aliphatic rings. The van der Waals surface area contributed by atoms with E-state index in [0.717, 1.165) is 28.0 Å². The number of hydrogen-bond donors (Lipinski definition) is 9. The van der Waals surface area contributed by atoms with E-state index >= 15 is 0 Å². The third-order valence-electron chi connectivity index (χ3n) is 11.6. The molecule has 4 bridgehead atoms. The number of nitrogens with two attached hydrogens (primary N) is 2. The number of hydrogen-bond acceptors (Lipinski definition) is 11. The van der Waals surface area contributed by atoms with Gasteiger partial charge >= 0.3 is 5.97 Å². The van der Waals surface area contributed by atoms with Crippen LogP contribution in [-0.2, 0) is 40.0 Å². The van der Waals surface area contributed by atoms with Crippen molar-refractivity contribution in [2.24, 2.45) is 11.5 Å². The van der Waals surface area contributed by atoms with Crippen molar-refractivity contribution in [1.29, 1.82) is 0 Å². The molecule has 19 nitrogen and oxygen atoms in total. The van der Waals surface area contributed by atoms with E-state index in [0.29, 0.717) is 30.0 Å². The Bertz CT molecular complexity index is 2560. The molecule has 6 atom stereocenters. The third kappa shape index (κ3) is 12.7. The van der Waals surface area contributed by atoms with Gasteiger partial charge in [-0.05, 0) is 110 Å². The number of phenolic OH excluding ortho intramolecular Hbond substituents is 2. The first-order chi connectivity index (χ1) is 32.2. The van der Waals surface area contributed by atoms with Crippen molar-refractivity contribution in [3.8, 4) is 33.8 Å². The van der Waals surface area contributed by atoms with E-state index in [1.54, 1.807) is 36.4 Å². The van der Waals surface area contributed by atoms with Crippen molar-refractivity contribution >= 4 is 58.9 Å². The van der Waals surface area contributed by atoms with Crippen LogP contribution in [0.1, 0.15) is 67.1 Å². The predicted octanol–water partition coefficient (Wildman–Crippen LogP) is 2.35. The van der Waals surface area contributed by atoms with Crippen molar-refractivity contribution in [2.45, 2.75) is 82.2 Å². The van der Waals surface area contributed by atoms with E-state index in [9.17, 15) is 53.7 Å². The van der Waals surface area contributed by atoms with Gasteiger partial charge in [0.05, 0.1) is 6.42 Å². The highest BCUT2D eigenvalue weighted by atomic mass is 35.5. The molecule has 1 aliphatic heterocycles. The summed E-state index contributed by atoms with van der Waals surface area (Å²) in [6.07, 6.45) is 0.0612. The maximum atomic E-state index is 14.6. The minimum absolute atomic E-state index is 0.0399. The molecule has 11 N–H and O–H groups in total. The average Bonchev–Trinajstić information content (AvgIpc) is 3.30. The Hall–Kier alpha value is -7.51. The van der Waals surface area contributed by atoms with Gasteiger partial charge in [-0.1, -0.05) is 48.0 Å². The lowest BCUT2D eigenvalue weighted by atomic mass is 9.93. The Morgan fingerprint density at radius 3 is 2.01 bits per heavy atom. The quantitative estimate of drug-likeness (QED) is 0.0732. The number of primary amides is 1. The first kappa shape index (κ1) is 51.5. The van der Waals surface area contributed by atoms with Gasteiger partial charge in [-0.25, -0.2) is 0 Å². The molecule has 0 fully saturated rings. The largest absolute Gasteiger partial charge is 0.507 e. The number of aliphatic carboxylic acids is 1. The summed E-state index contributed by atoms with van der Waals surface area (Å²) < 4.78 is 0. The number of nitrogens with one attached hydrogen (secondary N) is 4. The number of carboxylic acid groups (broad SMARTS) is 1. The van der Waals surface area contributed by atoms with Crippen molar-refractivity contribution in [3.05, 3.63) is 107 Å². The van der Waals surface area contributed by atoms with Gasteiger partial charge in [-0.2, -0.15) is 0 Å². The van der Waals surface area contributed by atoms with Crippen LogP contribution in [0.15, 0.2) is 84.9 Å². The van der Waals surface area contributed by atoms with E-state index in [1.807, 2.05) is 12.1 Å². The third-order valence-corrected chi connectivity index (χ3v) is 11.9. The molecule has 4 aromatic carbocycles. The molecule has 20 heteroatoms. The zero-order chi connectivity index (χ0) is 50.0. The SMILES string of the molecule is C[C@@H]1NC(=O)[C@@H](N(C)C(=O)[C@H](CCCCN)NC(=O)c2ccc(-c3ccc(Cl)cc3)cc2)c2ccc(O)c(c2)-c2cc(ccc2O)C[C@@H](C(=O)N[C@@H](C)C(=O)N(C)[C@@H](CC(=O)O)C(N)=O)NC1=O. The first-order valence-electron chi connectivity index (χ1n) is 21.7. The van der Waals surface area contributed by atoms with Gasteiger partial charge in [0.2, 0.25) is 35.4 Å². The Balaban J connectivity index is 1.46. The number of likely N-dealkylation sites (N-methyl/N-ethyl adjacent to an activating group) is 2. The number of carbonyl (C=O) groups excluding carboxylic acids is 7. The average molecular weight is 955 g/mol. The number of rotatable bonds is 16. The summed E-state index contributed by atoms with van der Waals surface area (Å²) in [6, 6.07) is 13.9. The summed E-state index contributed by atoms with van der Waals surface area (Å²) >= 11 is 6.04. The van der Waals surface area contributed by atoms with E-state index < -0.39 is 90.0 Å².